The molecular formula is C62H51N4OPt-3. The quantitative estimate of drug-likeness (QED) is 0.142. The zero-order valence-corrected chi connectivity index (χ0v) is 39.9. The molecule has 68 heavy (non-hydrogen) atoms. The van der Waals surface area contributed by atoms with Gasteiger partial charge in [0.1, 0.15) is 5.82 Å². The third kappa shape index (κ3) is 8.30. The first-order chi connectivity index (χ1) is 40.0. The van der Waals surface area contributed by atoms with Crippen molar-refractivity contribution in [2.75, 3.05) is 9.80 Å². The van der Waals surface area contributed by atoms with Crippen molar-refractivity contribution in [1.82, 2.24) is 9.55 Å². The minimum Gasteiger partial charge on any atom is -0.509 e. The first kappa shape index (κ1) is 28.2. The van der Waals surface area contributed by atoms with Crippen LogP contribution >= 0.6 is 0 Å². The van der Waals surface area contributed by atoms with Crippen LogP contribution in [0.25, 0.3) is 61.0 Å². The summed E-state index contributed by atoms with van der Waals surface area (Å²) in [7, 11) is 0. The van der Waals surface area contributed by atoms with Gasteiger partial charge in [-0.2, -0.15) is 12.1 Å². The molecule has 1 aliphatic rings. The molecule has 5 nitrogen and oxygen atoms in total. The fourth-order valence-electron chi connectivity index (χ4n) is 8.14. The second-order valence-electron chi connectivity index (χ2n) is 18.0. The summed E-state index contributed by atoms with van der Waals surface area (Å²) in [6.45, 7) is 13.3. The maximum Gasteiger partial charge on any atom is 0.135 e. The zero-order valence-electron chi connectivity index (χ0n) is 55.7. The maximum absolute atomic E-state index is 9.71. The van der Waals surface area contributed by atoms with Crippen molar-refractivity contribution in [1.29, 1.82) is 0 Å². The molecular weight excluding hydrogens is 1010 g/mol. The fraction of sp³-hybridized carbons (Fsp3) is 0.129. The van der Waals surface area contributed by atoms with Crippen LogP contribution in [-0.2, 0) is 31.9 Å². The van der Waals surface area contributed by atoms with Crippen LogP contribution in [-0.4, -0.2) is 9.55 Å². The number of aromatic nitrogens is 2. The van der Waals surface area contributed by atoms with Crippen LogP contribution in [0.3, 0.4) is 0 Å². The predicted octanol–water partition coefficient (Wildman–Crippen LogP) is 16.6. The van der Waals surface area contributed by atoms with E-state index in [9.17, 15) is 8.22 Å². The zero-order chi connectivity index (χ0) is 61.5. The van der Waals surface area contributed by atoms with E-state index >= 15 is 0 Å². The van der Waals surface area contributed by atoms with Gasteiger partial charge in [0.05, 0.1) is 21.9 Å². The second kappa shape index (κ2) is 17.8. The molecule has 338 valence electrons. The van der Waals surface area contributed by atoms with E-state index in [0.717, 1.165) is 15.7 Å². The number of para-hydroxylation sites is 3. The maximum atomic E-state index is 9.71. The summed E-state index contributed by atoms with van der Waals surface area (Å²) in [4.78, 5) is 8.07. The van der Waals surface area contributed by atoms with Gasteiger partial charge in [-0.15, -0.1) is 48.1 Å². The molecule has 0 N–H and O–H groups in total. The standard InChI is InChI=1S/C62H51N4O.Pt/c1-61(2,3)46-23-15-22-45(36-46)52-27-17-26-51(43-20-11-8-12-21-43)60(52)65-41-64(56-28-13-14-29-57(56)65)48-24-16-25-49(39-48)67-50-31-32-53-54-37-44(42-18-9-7-10-19-42)30-33-55(54)66(58(53)40-50)59-38-47(34-35-63-59)62(4,5)6;/h7-38,41H,1-6H3;/q-3;/i7D,8D,9D,10D,11D,12D,18D,19D,20D,21D,30D,31D,32D,33D,34D,35D,37D,38D;. The Labute approximate surface area is 439 Å². The third-order valence-electron chi connectivity index (χ3n) is 11.5. The van der Waals surface area contributed by atoms with Gasteiger partial charge in [0.15, 0.2) is 0 Å². The molecule has 0 atom stereocenters. The van der Waals surface area contributed by atoms with Gasteiger partial charge in [-0.3, -0.25) is 0 Å². The number of pyridine rings is 1. The first-order valence-electron chi connectivity index (χ1n) is 30.6. The molecule has 11 rings (SSSR count). The molecule has 0 unspecified atom stereocenters. The Morgan fingerprint density at radius 2 is 1.24 bits per heavy atom. The number of nitrogens with zero attached hydrogens (tertiary/aromatic N) is 4. The summed E-state index contributed by atoms with van der Waals surface area (Å²) in [5.74, 6) is -0.710. The smallest absolute Gasteiger partial charge is 0.135 e. The van der Waals surface area contributed by atoms with E-state index in [4.69, 9.17) is 21.2 Å². The largest absolute Gasteiger partial charge is 0.509 e. The molecule has 0 fully saturated rings. The van der Waals surface area contributed by atoms with Crippen molar-refractivity contribution in [3.8, 4) is 50.7 Å². The van der Waals surface area contributed by atoms with Crippen molar-refractivity contribution in [2.45, 2.75) is 52.4 Å². The number of anilines is 4. The second-order valence-corrected chi connectivity index (χ2v) is 18.0. The monoisotopic (exact) mass is 1080 g/mol. The Morgan fingerprint density at radius 3 is 1.97 bits per heavy atom. The Balaban J connectivity index is 0.00000820. The number of rotatable bonds is 8. The van der Waals surface area contributed by atoms with Gasteiger partial charge in [0.25, 0.3) is 0 Å². The summed E-state index contributed by atoms with van der Waals surface area (Å²) in [5.41, 5.74) is 2.44. The van der Waals surface area contributed by atoms with Gasteiger partial charge in [-0.05, 0) is 81.2 Å². The summed E-state index contributed by atoms with van der Waals surface area (Å²) in [6.07, 6.45) is -0.557. The third-order valence-corrected chi connectivity index (χ3v) is 11.5. The van der Waals surface area contributed by atoms with Crippen molar-refractivity contribution in [2.24, 2.45) is 0 Å². The van der Waals surface area contributed by atoms with Gasteiger partial charge in [0.2, 0.25) is 0 Å². The van der Waals surface area contributed by atoms with Crippen LogP contribution in [0.15, 0.2) is 194 Å². The van der Waals surface area contributed by atoms with Crippen LogP contribution in [0.4, 0.5) is 22.7 Å². The molecule has 0 saturated carbocycles. The number of fused-ring (bicyclic) bond motifs is 4. The van der Waals surface area contributed by atoms with Crippen LogP contribution in [0.5, 0.6) is 11.5 Å². The van der Waals surface area contributed by atoms with E-state index in [-0.39, 0.29) is 101 Å². The Bertz CT molecular complexity index is 4480. The van der Waals surface area contributed by atoms with E-state index in [2.05, 4.69) is 44.0 Å². The molecule has 0 aliphatic carbocycles. The van der Waals surface area contributed by atoms with E-state index in [1.807, 2.05) is 58.3 Å². The van der Waals surface area contributed by atoms with Gasteiger partial charge in [-0.1, -0.05) is 174 Å². The minimum atomic E-state index is -0.925. The van der Waals surface area contributed by atoms with Crippen molar-refractivity contribution in [3.63, 3.8) is 0 Å². The normalized spacial score (nSPS) is 16.3. The van der Waals surface area contributed by atoms with Crippen LogP contribution in [0, 0.1) is 18.8 Å². The summed E-state index contributed by atoms with van der Waals surface area (Å²) in [6, 6.07) is 22.3. The summed E-state index contributed by atoms with van der Waals surface area (Å²) in [5, 5.41) is -0.507. The summed E-state index contributed by atoms with van der Waals surface area (Å²) >= 11 is 0. The molecule has 10 aromatic rings. The van der Waals surface area contributed by atoms with Crippen molar-refractivity contribution >= 4 is 44.6 Å². The molecule has 0 bridgehead atoms. The van der Waals surface area contributed by atoms with E-state index < -0.39 is 101 Å². The number of ether oxygens (including phenoxy) is 1. The van der Waals surface area contributed by atoms with Gasteiger partial charge in [-0.25, -0.2) is 4.98 Å². The molecule has 6 heteroatoms. The van der Waals surface area contributed by atoms with Crippen LogP contribution < -0.4 is 14.5 Å². The Hall–Kier alpha value is -7.20. The average molecular weight is 1080 g/mol. The number of hydrogen-bond acceptors (Lipinski definition) is 4. The molecule has 0 radical (unpaired) electrons. The predicted molar refractivity (Wildman–Crippen MR) is 278 cm³/mol. The molecule has 2 aromatic heterocycles. The SMILES string of the molecule is [2H]c1nc(-n2c3[c-]c(Oc4[c-]c(N5[CH-]N(c6c(-c7cccc(C(C)(C)C)c7)cccc6-c6c([2H])c([2H])c([2H])c([2H])c6[2H])c6ccccc65)ccc4)c([2H])c([2H])c3c3c([2H])c(-c4c([2H])c([2H])c([2H])c([2H])c4[2H])c([2H])c([2H])c32)c([2H])c(C(C)(C)C)c1[2H].[Pt]. The van der Waals surface area contributed by atoms with Crippen molar-refractivity contribution < 1.29 is 50.5 Å². The molecule has 0 saturated heterocycles. The van der Waals surface area contributed by atoms with Gasteiger partial charge in [0, 0.05) is 73.8 Å². The topological polar surface area (TPSA) is 33.5 Å². The van der Waals surface area contributed by atoms with Gasteiger partial charge < -0.3 is 19.1 Å². The minimum absolute atomic E-state index is 0. The molecule has 3 heterocycles. The molecule has 8 aromatic carbocycles. The number of hydrogen-bond donors (Lipinski definition) is 0. The van der Waals surface area contributed by atoms with Crippen LogP contribution in [0.1, 0.15) is 77.3 Å². The molecule has 0 spiro atoms. The fourth-order valence-corrected chi connectivity index (χ4v) is 8.14. The average Bonchev–Trinajstić information content (AvgIpc) is 1.57. The van der Waals surface area contributed by atoms with Crippen molar-refractivity contribution in [3.05, 3.63) is 224 Å². The molecule has 1 aliphatic heterocycles. The van der Waals surface area contributed by atoms with Crippen LogP contribution in [0.2, 0.25) is 0 Å². The van der Waals surface area contributed by atoms with E-state index in [0.29, 0.717) is 33.9 Å². The number of benzene rings is 8. The summed E-state index contributed by atoms with van der Waals surface area (Å²) < 4.78 is 169. The van der Waals surface area contributed by atoms with E-state index in [1.54, 1.807) is 57.8 Å². The Kier molecular flexibility index (Phi) is 7.38. The molecule has 0 amide bonds. The van der Waals surface area contributed by atoms with E-state index in [1.165, 1.54) is 0 Å². The Morgan fingerprint density at radius 1 is 0.559 bits per heavy atom. The van der Waals surface area contributed by atoms with Gasteiger partial charge >= 0.3 is 0 Å². The first-order valence-corrected chi connectivity index (χ1v) is 21.6.